The number of amides is 1. The lowest BCUT2D eigenvalue weighted by molar-refractivity contribution is -0.122. The summed E-state index contributed by atoms with van der Waals surface area (Å²) >= 11 is 1.51. The van der Waals surface area contributed by atoms with E-state index in [2.05, 4.69) is 10.3 Å². The van der Waals surface area contributed by atoms with Crippen LogP contribution < -0.4 is 11.1 Å². The van der Waals surface area contributed by atoms with E-state index in [4.69, 9.17) is 5.73 Å². The number of nitrogens with zero attached hydrogens (tertiary/aromatic N) is 1. The van der Waals surface area contributed by atoms with Crippen molar-refractivity contribution >= 4 is 17.2 Å². The Bertz CT molecular complexity index is 245. The van der Waals surface area contributed by atoms with E-state index in [1.165, 1.54) is 11.3 Å². The maximum atomic E-state index is 11.0. The fourth-order valence-corrected chi connectivity index (χ4v) is 1.22. The van der Waals surface area contributed by atoms with Crippen molar-refractivity contribution in [3.05, 3.63) is 16.6 Å². The van der Waals surface area contributed by atoms with E-state index in [9.17, 15) is 4.79 Å². The van der Waals surface area contributed by atoms with E-state index in [1.807, 2.05) is 5.38 Å². The molecule has 0 aliphatic heterocycles. The number of nitrogens with two attached hydrogens (primary N) is 1. The SMILES string of the molecule is C[C@H](N)C(=O)NCc1cscn1. The number of nitrogens with one attached hydrogen (secondary N) is 1. The minimum absolute atomic E-state index is 0.150. The summed E-state index contributed by atoms with van der Waals surface area (Å²) in [6.07, 6.45) is 0. The summed E-state index contributed by atoms with van der Waals surface area (Å²) in [6.45, 7) is 2.11. The number of hydrogen-bond acceptors (Lipinski definition) is 4. The molecule has 1 heterocycles. The van der Waals surface area contributed by atoms with Crippen LogP contribution in [0.5, 0.6) is 0 Å². The molecule has 66 valence electrons. The molecule has 0 aliphatic carbocycles. The monoisotopic (exact) mass is 185 g/mol. The first-order valence-corrected chi connectivity index (χ1v) is 4.55. The first kappa shape index (κ1) is 9.15. The third-order valence-electron chi connectivity index (χ3n) is 1.34. The van der Waals surface area contributed by atoms with Crippen molar-refractivity contribution in [2.75, 3.05) is 0 Å². The van der Waals surface area contributed by atoms with Gasteiger partial charge in [0.1, 0.15) is 0 Å². The molecule has 0 bridgehead atoms. The molecular weight excluding hydrogens is 174 g/mol. The van der Waals surface area contributed by atoms with Crippen LogP contribution >= 0.6 is 11.3 Å². The molecule has 0 spiro atoms. The number of carbonyl (C=O) groups is 1. The summed E-state index contributed by atoms with van der Waals surface area (Å²) in [5, 5.41) is 4.56. The van der Waals surface area contributed by atoms with Gasteiger partial charge in [0.25, 0.3) is 0 Å². The van der Waals surface area contributed by atoms with Gasteiger partial charge >= 0.3 is 0 Å². The molecule has 3 N–H and O–H groups in total. The van der Waals surface area contributed by atoms with Crippen LogP contribution in [0.3, 0.4) is 0 Å². The van der Waals surface area contributed by atoms with E-state index in [0.29, 0.717) is 6.54 Å². The number of hydrogen-bond donors (Lipinski definition) is 2. The molecule has 1 atom stereocenters. The Hall–Kier alpha value is -0.940. The summed E-state index contributed by atoms with van der Waals surface area (Å²) in [7, 11) is 0. The van der Waals surface area contributed by atoms with Crippen LogP contribution in [0.15, 0.2) is 10.9 Å². The van der Waals surface area contributed by atoms with Gasteiger partial charge in [-0.05, 0) is 6.92 Å². The van der Waals surface area contributed by atoms with Crippen LogP contribution in [-0.2, 0) is 11.3 Å². The molecule has 0 aromatic carbocycles. The zero-order valence-corrected chi connectivity index (χ0v) is 7.60. The molecule has 0 unspecified atom stereocenters. The number of carbonyl (C=O) groups excluding carboxylic acids is 1. The third-order valence-corrected chi connectivity index (χ3v) is 1.98. The van der Waals surface area contributed by atoms with E-state index in [1.54, 1.807) is 12.4 Å². The van der Waals surface area contributed by atoms with E-state index < -0.39 is 6.04 Å². The lowest BCUT2D eigenvalue weighted by Gasteiger charge is -2.04. The van der Waals surface area contributed by atoms with Gasteiger partial charge in [0.2, 0.25) is 5.91 Å². The minimum Gasteiger partial charge on any atom is -0.349 e. The second-order valence-corrected chi connectivity index (χ2v) is 3.20. The zero-order valence-electron chi connectivity index (χ0n) is 6.78. The maximum Gasteiger partial charge on any atom is 0.236 e. The van der Waals surface area contributed by atoms with Crippen LogP contribution in [0.1, 0.15) is 12.6 Å². The van der Waals surface area contributed by atoms with Crippen molar-refractivity contribution in [2.24, 2.45) is 5.73 Å². The highest BCUT2D eigenvalue weighted by atomic mass is 32.1. The van der Waals surface area contributed by atoms with Gasteiger partial charge in [0.05, 0.1) is 23.8 Å². The lowest BCUT2D eigenvalue weighted by atomic mass is 10.3. The number of aromatic nitrogens is 1. The topological polar surface area (TPSA) is 68.0 Å². The van der Waals surface area contributed by atoms with Crippen LogP contribution in [0, 0.1) is 0 Å². The maximum absolute atomic E-state index is 11.0. The lowest BCUT2D eigenvalue weighted by Crippen LogP contribution is -2.37. The van der Waals surface area contributed by atoms with Crippen molar-refractivity contribution in [3.8, 4) is 0 Å². The highest BCUT2D eigenvalue weighted by Crippen LogP contribution is 1.99. The Kier molecular flexibility index (Phi) is 3.19. The summed E-state index contributed by atoms with van der Waals surface area (Å²) in [5.74, 6) is -0.150. The second-order valence-electron chi connectivity index (χ2n) is 2.49. The molecule has 0 fully saturated rings. The van der Waals surface area contributed by atoms with Gasteiger partial charge in [-0.3, -0.25) is 4.79 Å². The van der Waals surface area contributed by atoms with E-state index in [-0.39, 0.29) is 5.91 Å². The highest BCUT2D eigenvalue weighted by Gasteiger charge is 2.06. The van der Waals surface area contributed by atoms with Crippen LogP contribution in [-0.4, -0.2) is 16.9 Å². The Labute approximate surface area is 74.8 Å². The third kappa shape index (κ3) is 2.60. The van der Waals surface area contributed by atoms with Gasteiger partial charge in [0, 0.05) is 5.38 Å². The number of rotatable bonds is 3. The van der Waals surface area contributed by atoms with Crippen molar-refractivity contribution in [3.63, 3.8) is 0 Å². The molecule has 1 aromatic rings. The van der Waals surface area contributed by atoms with Crippen molar-refractivity contribution in [2.45, 2.75) is 19.5 Å². The van der Waals surface area contributed by atoms with Gasteiger partial charge in [-0.15, -0.1) is 11.3 Å². The quantitative estimate of drug-likeness (QED) is 0.702. The molecule has 1 amide bonds. The van der Waals surface area contributed by atoms with Crippen molar-refractivity contribution in [1.82, 2.24) is 10.3 Å². The van der Waals surface area contributed by atoms with Gasteiger partial charge in [-0.1, -0.05) is 0 Å². The Morgan fingerprint density at radius 3 is 3.17 bits per heavy atom. The van der Waals surface area contributed by atoms with Crippen LogP contribution in [0.2, 0.25) is 0 Å². The fraction of sp³-hybridized carbons (Fsp3) is 0.429. The largest absolute Gasteiger partial charge is 0.349 e. The standard InChI is InChI=1S/C7H11N3OS/c1-5(8)7(11)9-2-6-3-12-4-10-6/h3-5H,2,8H2,1H3,(H,9,11)/t5-/m0/s1. The molecule has 12 heavy (non-hydrogen) atoms. The minimum atomic E-state index is -0.455. The molecule has 5 heteroatoms. The Morgan fingerprint density at radius 1 is 1.92 bits per heavy atom. The molecule has 0 aliphatic rings. The Morgan fingerprint density at radius 2 is 2.67 bits per heavy atom. The normalized spacial score (nSPS) is 12.5. The average Bonchev–Trinajstić information content (AvgIpc) is 2.51. The predicted molar refractivity (Wildman–Crippen MR) is 47.6 cm³/mol. The summed E-state index contributed by atoms with van der Waals surface area (Å²) in [6, 6.07) is -0.455. The number of thiazole rings is 1. The fourth-order valence-electron chi connectivity index (χ4n) is 0.663. The van der Waals surface area contributed by atoms with Crippen molar-refractivity contribution in [1.29, 1.82) is 0 Å². The van der Waals surface area contributed by atoms with E-state index in [0.717, 1.165) is 5.69 Å². The smallest absolute Gasteiger partial charge is 0.236 e. The summed E-state index contributed by atoms with van der Waals surface area (Å²) < 4.78 is 0. The molecular formula is C7H11N3OS. The molecule has 1 rings (SSSR count). The molecule has 0 saturated heterocycles. The second kappa shape index (κ2) is 4.18. The van der Waals surface area contributed by atoms with Crippen molar-refractivity contribution < 1.29 is 4.79 Å². The van der Waals surface area contributed by atoms with Gasteiger partial charge in [0.15, 0.2) is 0 Å². The van der Waals surface area contributed by atoms with E-state index >= 15 is 0 Å². The molecule has 0 saturated carbocycles. The van der Waals surface area contributed by atoms with Gasteiger partial charge < -0.3 is 11.1 Å². The van der Waals surface area contributed by atoms with Crippen LogP contribution in [0.4, 0.5) is 0 Å². The van der Waals surface area contributed by atoms with Gasteiger partial charge in [-0.2, -0.15) is 0 Å². The average molecular weight is 185 g/mol. The summed E-state index contributed by atoms with van der Waals surface area (Å²) in [5.41, 5.74) is 7.94. The Balaban J connectivity index is 2.32. The van der Waals surface area contributed by atoms with Crippen LogP contribution in [0.25, 0.3) is 0 Å². The predicted octanol–water partition coefficient (Wildman–Crippen LogP) is 0.106. The first-order chi connectivity index (χ1) is 5.70. The molecule has 4 nitrogen and oxygen atoms in total. The molecule has 1 aromatic heterocycles. The first-order valence-electron chi connectivity index (χ1n) is 3.60. The molecule has 0 radical (unpaired) electrons. The summed E-state index contributed by atoms with van der Waals surface area (Å²) in [4.78, 5) is 15.0. The van der Waals surface area contributed by atoms with Gasteiger partial charge in [-0.25, -0.2) is 4.98 Å². The highest BCUT2D eigenvalue weighted by molar-refractivity contribution is 7.07. The zero-order chi connectivity index (χ0) is 8.97.